The van der Waals surface area contributed by atoms with E-state index in [1.807, 2.05) is 0 Å². The summed E-state index contributed by atoms with van der Waals surface area (Å²) < 4.78 is 9.97. The highest BCUT2D eigenvalue weighted by molar-refractivity contribution is 6.44. The van der Waals surface area contributed by atoms with E-state index in [9.17, 15) is 24.9 Å². The summed E-state index contributed by atoms with van der Waals surface area (Å²) in [5, 5.41) is 55.3. The molecule has 11 heteroatoms. The highest BCUT2D eigenvalue weighted by Crippen LogP contribution is 2.25. The van der Waals surface area contributed by atoms with Crippen molar-refractivity contribution in [3.8, 4) is 0 Å². The van der Waals surface area contributed by atoms with E-state index in [-0.39, 0.29) is 0 Å². The van der Waals surface area contributed by atoms with Crippen molar-refractivity contribution >= 4 is 23.5 Å². The van der Waals surface area contributed by atoms with E-state index >= 15 is 0 Å². The van der Waals surface area contributed by atoms with Crippen LogP contribution in [0.4, 0.5) is 0 Å². The number of carboxylic acids is 2. The predicted octanol–water partition coefficient (Wildman–Crippen LogP) is -2.66. The van der Waals surface area contributed by atoms with Gasteiger partial charge in [-0.1, -0.05) is 11.6 Å². The zero-order chi connectivity index (χ0) is 17.1. The first-order valence-electron chi connectivity index (χ1n) is 6.23. The topological polar surface area (TPSA) is 174 Å². The molecule has 1 saturated heterocycles. The quantitative estimate of drug-likeness (QED) is 0.211. The molecule has 0 amide bonds. The largest absolute Gasteiger partial charge is 0.479 e. The molecule has 0 saturated carbocycles. The maximum atomic E-state index is 10.8. The number of aliphatic hydroxyl groups excluding tert-OH is 4. The minimum atomic E-state index is -2.60. The summed E-state index contributed by atoms with van der Waals surface area (Å²) in [6.07, 6.45) is -8.21. The Hall–Kier alpha value is -1.01. The summed E-state index contributed by atoms with van der Waals surface area (Å²) in [6, 6.07) is 0. The van der Waals surface area contributed by atoms with E-state index in [0.717, 1.165) is 0 Å². The molecule has 1 fully saturated rings. The van der Waals surface area contributed by atoms with Gasteiger partial charge in [0.1, 0.15) is 24.4 Å². The van der Waals surface area contributed by atoms with Gasteiger partial charge in [-0.3, -0.25) is 0 Å². The summed E-state index contributed by atoms with van der Waals surface area (Å²) in [7, 11) is 0. The summed E-state index contributed by atoms with van der Waals surface area (Å²) >= 11 is 5.46. The number of ether oxygens (including phenoxy) is 2. The maximum Gasteiger partial charge on any atom is 0.336 e. The van der Waals surface area contributed by atoms with Crippen LogP contribution in [-0.2, 0) is 19.1 Å². The third-order valence-electron chi connectivity index (χ3n) is 3.26. The van der Waals surface area contributed by atoms with Crippen LogP contribution in [0.15, 0.2) is 0 Å². The summed E-state index contributed by atoms with van der Waals surface area (Å²) in [4.78, 5) is 19.1. The first kappa shape index (κ1) is 19.0. The smallest absolute Gasteiger partial charge is 0.336 e. The van der Waals surface area contributed by atoms with Crippen LogP contribution in [0.1, 0.15) is 6.42 Å². The Labute approximate surface area is 129 Å². The standard InChI is InChI=1S/C11H17ClO10/c12-11(9(17)18,10(19)20)1-2-21-8-7(16)6(15)5(14)4(3-13)22-8/h4-8,13-16H,1-3H2,(H,17,18)(H,19,20)/t4-,5-,6+,7-,8?/m1/s1. The molecule has 1 rings (SSSR count). The monoisotopic (exact) mass is 344 g/mol. The number of alkyl halides is 1. The second-order valence-electron chi connectivity index (χ2n) is 4.73. The van der Waals surface area contributed by atoms with Gasteiger partial charge in [-0.05, 0) is 0 Å². The van der Waals surface area contributed by atoms with Crippen LogP contribution in [0.2, 0.25) is 0 Å². The Morgan fingerprint density at radius 3 is 2.09 bits per heavy atom. The van der Waals surface area contributed by atoms with E-state index in [1.54, 1.807) is 0 Å². The van der Waals surface area contributed by atoms with Gasteiger partial charge in [-0.15, -0.1) is 0 Å². The third kappa shape index (κ3) is 3.84. The molecule has 128 valence electrons. The molecule has 0 spiro atoms. The average Bonchev–Trinajstić information content (AvgIpc) is 2.46. The van der Waals surface area contributed by atoms with Gasteiger partial charge in [0.15, 0.2) is 6.29 Å². The van der Waals surface area contributed by atoms with Gasteiger partial charge in [0.05, 0.1) is 13.2 Å². The molecule has 22 heavy (non-hydrogen) atoms. The van der Waals surface area contributed by atoms with Gasteiger partial charge in [0.2, 0.25) is 4.87 Å². The van der Waals surface area contributed by atoms with Crippen molar-refractivity contribution in [3.63, 3.8) is 0 Å². The molecule has 6 N–H and O–H groups in total. The zero-order valence-electron chi connectivity index (χ0n) is 11.2. The van der Waals surface area contributed by atoms with Gasteiger partial charge in [-0.25, -0.2) is 9.59 Å². The summed E-state index contributed by atoms with van der Waals surface area (Å²) in [5.41, 5.74) is 0. The minimum absolute atomic E-state index is 0.523. The molecular formula is C11H17ClO10. The van der Waals surface area contributed by atoms with E-state index in [2.05, 4.69) is 0 Å². The number of carbonyl (C=O) groups is 2. The van der Waals surface area contributed by atoms with Crippen LogP contribution >= 0.6 is 11.6 Å². The highest BCUT2D eigenvalue weighted by Gasteiger charge is 2.47. The number of aliphatic hydroxyl groups is 4. The predicted molar refractivity (Wildman–Crippen MR) is 68.2 cm³/mol. The number of aliphatic carboxylic acids is 2. The Balaban J connectivity index is 2.63. The molecule has 0 aromatic carbocycles. The third-order valence-corrected chi connectivity index (χ3v) is 3.77. The lowest BCUT2D eigenvalue weighted by molar-refractivity contribution is -0.301. The molecule has 10 nitrogen and oxygen atoms in total. The second kappa shape index (κ2) is 7.51. The number of hydrogen-bond donors (Lipinski definition) is 6. The van der Waals surface area contributed by atoms with Crippen molar-refractivity contribution in [2.45, 2.75) is 42.0 Å². The van der Waals surface area contributed by atoms with Crippen molar-refractivity contribution in [1.82, 2.24) is 0 Å². The Bertz CT molecular complexity index is 400. The fraction of sp³-hybridized carbons (Fsp3) is 0.818. The van der Waals surface area contributed by atoms with Gasteiger partial charge < -0.3 is 40.1 Å². The van der Waals surface area contributed by atoms with Crippen LogP contribution in [0, 0.1) is 0 Å². The van der Waals surface area contributed by atoms with E-state index < -0.39 is 67.2 Å². The summed E-state index contributed by atoms with van der Waals surface area (Å²) in [5.74, 6) is -3.56. The van der Waals surface area contributed by atoms with E-state index in [4.69, 9.17) is 36.4 Å². The zero-order valence-corrected chi connectivity index (χ0v) is 12.0. The number of halogens is 1. The lowest BCUT2D eigenvalue weighted by Crippen LogP contribution is -2.59. The molecule has 1 heterocycles. The molecule has 0 aromatic heterocycles. The normalized spacial score (nSPS) is 32.7. The molecular weight excluding hydrogens is 328 g/mol. The maximum absolute atomic E-state index is 10.8. The van der Waals surface area contributed by atoms with E-state index in [1.165, 1.54) is 0 Å². The highest BCUT2D eigenvalue weighted by atomic mass is 35.5. The van der Waals surface area contributed by atoms with Gasteiger partial charge in [-0.2, -0.15) is 0 Å². The first-order chi connectivity index (χ1) is 10.1. The van der Waals surface area contributed by atoms with Crippen molar-refractivity contribution in [1.29, 1.82) is 0 Å². The fourth-order valence-corrected chi connectivity index (χ4v) is 1.90. The number of rotatable bonds is 7. The van der Waals surface area contributed by atoms with Gasteiger partial charge >= 0.3 is 11.9 Å². The Morgan fingerprint density at radius 1 is 1.09 bits per heavy atom. The lowest BCUT2D eigenvalue weighted by atomic mass is 9.99. The summed E-state index contributed by atoms with van der Waals surface area (Å²) in [6.45, 7) is -1.18. The molecule has 0 bridgehead atoms. The van der Waals surface area contributed by atoms with Crippen molar-refractivity contribution in [2.24, 2.45) is 0 Å². The molecule has 5 atom stereocenters. The van der Waals surface area contributed by atoms with Crippen LogP contribution < -0.4 is 0 Å². The van der Waals surface area contributed by atoms with Crippen molar-refractivity contribution in [3.05, 3.63) is 0 Å². The average molecular weight is 345 g/mol. The Kier molecular flexibility index (Phi) is 6.50. The van der Waals surface area contributed by atoms with E-state index in [0.29, 0.717) is 0 Å². The minimum Gasteiger partial charge on any atom is -0.479 e. The molecule has 1 aliphatic rings. The second-order valence-corrected chi connectivity index (χ2v) is 5.37. The SMILES string of the molecule is O=C(O)C(Cl)(CCOC1O[C@H](CO)[C@@H](O)[C@H](O)[C@H]1O)C(=O)O. The van der Waals surface area contributed by atoms with Crippen molar-refractivity contribution < 1.29 is 49.7 Å². The fourth-order valence-electron chi connectivity index (χ4n) is 1.83. The molecule has 1 unspecified atom stereocenters. The molecule has 0 aliphatic carbocycles. The molecule has 0 radical (unpaired) electrons. The molecule has 1 aliphatic heterocycles. The molecule has 0 aromatic rings. The van der Waals surface area contributed by atoms with Crippen LogP contribution in [0.25, 0.3) is 0 Å². The van der Waals surface area contributed by atoms with Crippen LogP contribution in [0.3, 0.4) is 0 Å². The Morgan fingerprint density at radius 2 is 1.64 bits per heavy atom. The lowest BCUT2D eigenvalue weighted by Gasteiger charge is -2.39. The number of hydrogen-bond acceptors (Lipinski definition) is 8. The number of carboxylic acid groups (broad SMARTS) is 2. The van der Waals surface area contributed by atoms with Crippen LogP contribution in [0.5, 0.6) is 0 Å². The van der Waals surface area contributed by atoms with Crippen LogP contribution in [-0.4, -0.2) is 91.4 Å². The van der Waals surface area contributed by atoms with Gasteiger partial charge in [0.25, 0.3) is 0 Å². The first-order valence-corrected chi connectivity index (χ1v) is 6.60. The van der Waals surface area contributed by atoms with Gasteiger partial charge in [0, 0.05) is 6.42 Å². The van der Waals surface area contributed by atoms with Crippen molar-refractivity contribution in [2.75, 3.05) is 13.2 Å².